The monoisotopic (exact) mass is 339 g/mol. The van der Waals surface area contributed by atoms with Crippen molar-refractivity contribution in [2.24, 2.45) is 5.92 Å². The Hall–Kier alpha value is -1.81. The van der Waals surface area contributed by atoms with Crippen molar-refractivity contribution >= 4 is 16.6 Å². The fourth-order valence-electron chi connectivity index (χ4n) is 4.24. The van der Waals surface area contributed by atoms with Gasteiger partial charge in [-0.3, -0.25) is 4.98 Å². The normalized spacial score (nSPS) is 20.2. The zero-order valence-electron chi connectivity index (χ0n) is 15.4. The summed E-state index contributed by atoms with van der Waals surface area (Å²) >= 11 is 0. The van der Waals surface area contributed by atoms with Crippen molar-refractivity contribution in [1.82, 2.24) is 10.3 Å². The van der Waals surface area contributed by atoms with Gasteiger partial charge in [-0.2, -0.15) is 0 Å². The van der Waals surface area contributed by atoms with Crippen LogP contribution < -0.4 is 15.0 Å². The Bertz CT molecular complexity index is 733. The summed E-state index contributed by atoms with van der Waals surface area (Å²) in [4.78, 5) is 7.27. The summed E-state index contributed by atoms with van der Waals surface area (Å²) in [7, 11) is 0. The van der Waals surface area contributed by atoms with Crippen LogP contribution in [0.15, 0.2) is 24.3 Å². The lowest BCUT2D eigenvalue weighted by Gasteiger charge is -2.28. The molecule has 2 aliphatic heterocycles. The molecule has 2 aliphatic rings. The molecule has 0 radical (unpaired) electrons. The molecule has 1 unspecified atom stereocenters. The molecule has 3 heterocycles. The number of nitrogens with zero attached hydrogens (tertiary/aromatic N) is 2. The van der Waals surface area contributed by atoms with E-state index in [-0.39, 0.29) is 6.10 Å². The second-order valence-corrected chi connectivity index (χ2v) is 7.57. The maximum absolute atomic E-state index is 6.29. The van der Waals surface area contributed by atoms with Gasteiger partial charge in [-0.05, 0) is 76.7 Å². The summed E-state index contributed by atoms with van der Waals surface area (Å²) in [6.45, 7) is 8.82. The van der Waals surface area contributed by atoms with Crippen molar-refractivity contribution in [3.8, 4) is 5.75 Å². The topological polar surface area (TPSA) is 37.4 Å². The minimum Gasteiger partial charge on any atom is -0.490 e. The van der Waals surface area contributed by atoms with E-state index in [0.29, 0.717) is 5.92 Å². The highest BCUT2D eigenvalue weighted by Crippen LogP contribution is 2.32. The van der Waals surface area contributed by atoms with E-state index >= 15 is 0 Å². The van der Waals surface area contributed by atoms with Gasteiger partial charge in [-0.15, -0.1) is 0 Å². The third kappa shape index (κ3) is 3.59. The second-order valence-electron chi connectivity index (χ2n) is 7.57. The van der Waals surface area contributed by atoms with Crippen LogP contribution in [-0.2, 0) is 0 Å². The first-order valence-corrected chi connectivity index (χ1v) is 9.74. The zero-order valence-corrected chi connectivity index (χ0v) is 15.4. The van der Waals surface area contributed by atoms with E-state index in [1.165, 1.54) is 36.8 Å². The van der Waals surface area contributed by atoms with Crippen LogP contribution in [0, 0.1) is 12.8 Å². The van der Waals surface area contributed by atoms with Gasteiger partial charge in [-0.1, -0.05) is 0 Å². The van der Waals surface area contributed by atoms with E-state index in [4.69, 9.17) is 9.72 Å². The molecule has 1 aromatic heterocycles. The van der Waals surface area contributed by atoms with Crippen LogP contribution in [0.3, 0.4) is 0 Å². The molecule has 2 saturated heterocycles. The average Bonchev–Trinajstić information content (AvgIpc) is 3.16. The van der Waals surface area contributed by atoms with Gasteiger partial charge in [0.05, 0.1) is 11.6 Å². The van der Waals surface area contributed by atoms with Crippen molar-refractivity contribution in [2.45, 2.75) is 45.6 Å². The van der Waals surface area contributed by atoms with Gasteiger partial charge in [0.25, 0.3) is 0 Å². The van der Waals surface area contributed by atoms with Crippen molar-refractivity contribution in [1.29, 1.82) is 0 Å². The Kier molecular flexibility index (Phi) is 4.80. The highest BCUT2D eigenvalue weighted by Gasteiger charge is 2.22. The van der Waals surface area contributed by atoms with Gasteiger partial charge in [0.1, 0.15) is 5.75 Å². The quantitative estimate of drug-likeness (QED) is 0.916. The van der Waals surface area contributed by atoms with Crippen molar-refractivity contribution < 1.29 is 4.74 Å². The number of hydrogen-bond acceptors (Lipinski definition) is 4. The zero-order chi connectivity index (χ0) is 17.2. The number of fused-ring (bicyclic) bond motifs is 1. The Balaban J connectivity index is 1.59. The smallest absolute Gasteiger partial charge is 0.121 e. The highest BCUT2D eigenvalue weighted by molar-refractivity contribution is 5.93. The summed E-state index contributed by atoms with van der Waals surface area (Å²) in [5, 5.41) is 4.67. The maximum Gasteiger partial charge on any atom is 0.121 e. The highest BCUT2D eigenvalue weighted by atomic mass is 16.5. The SMILES string of the molecule is Cc1cc(N2CCCC2)c2ccc(OC(C)C3CCNCC3)cc2n1. The first kappa shape index (κ1) is 16.6. The molecule has 25 heavy (non-hydrogen) atoms. The Morgan fingerprint density at radius 1 is 1.16 bits per heavy atom. The van der Waals surface area contributed by atoms with Gasteiger partial charge in [0.2, 0.25) is 0 Å². The van der Waals surface area contributed by atoms with E-state index in [1.54, 1.807) is 0 Å². The minimum absolute atomic E-state index is 0.252. The molecule has 0 spiro atoms. The molecular weight excluding hydrogens is 310 g/mol. The number of anilines is 1. The molecule has 2 aromatic rings. The predicted molar refractivity (Wildman–Crippen MR) is 104 cm³/mol. The number of aryl methyl sites for hydroxylation is 1. The molecule has 4 nitrogen and oxygen atoms in total. The largest absolute Gasteiger partial charge is 0.490 e. The van der Waals surface area contributed by atoms with Crippen LogP contribution in [-0.4, -0.2) is 37.3 Å². The Labute approximate surface area is 150 Å². The molecule has 0 bridgehead atoms. The molecule has 1 aromatic carbocycles. The lowest BCUT2D eigenvalue weighted by Crippen LogP contribution is -2.35. The van der Waals surface area contributed by atoms with Crippen LogP contribution in [0.25, 0.3) is 10.9 Å². The van der Waals surface area contributed by atoms with E-state index < -0.39 is 0 Å². The molecule has 134 valence electrons. The second kappa shape index (κ2) is 7.20. The lowest BCUT2D eigenvalue weighted by atomic mass is 9.93. The molecule has 0 saturated carbocycles. The minimum atomic E-state index is 0.252. The van der Waals surface area contributed by atoms with Gasteiger partial charge in [0, 0.05) is 35.9 Å². The fraction of sp³-hybridized carbons (Fsp3) is 0.571. The average molecular weight is 339 g/mol. The number of piperidine rings is 1. The van der Waals surface area contributed by atoms with Crippen molar-refractivity contribution in [3.05, 3.63) is 30.0 Å². The van der Waals surface area contributed by atoms with E-state index in [9.17, 15) is 0 Å². The summed E-state index contributed by atoms with van der Waals surface area (Å²) in [6.07, 6.45) is 5.23. The number of rotatable bonds is 4. The predicted octanol–water partition coefficient (Wildman–Crippen LogP) is 3.91. The van der Waals surface area contributed by atoms with Gasteiger partial charge in [0.15, 0.2) is 0 Å². The van der Waals surface area contributed by atoms with Crippen molar-refractivity contribution in [2.75, 3.05) is 31.1 Å². The molecular formula is C21H29N3O. The molecule has 4 rings (SSSR count). The number of ether oxygens (including phenoxy) is 1. The van der Waals surface area contributed by atoms with Gasteiger partial charge in [-0.25, -0.2) is 0 Å². The molecule has 0 amide bonds. The number of pyridine rings is 1. The third-order valence-corrected chi connectivity index (χ3v) is 5.70. The van der Waals surface area contributed by atoms with Gasteiger partial charge < -0.3 is 15.0 Å². The third-order valence-electron chi connectivity index (χ3n) is 5.70. The van der Waals surface area contributed by atoms with Crippen LogP contribution in [0.2, 0.25) is 0 Å². The van der Waals surface area contributed by atoms with E-state index in [0.717, 1.165) is 43.1 Å². The van der Waals surface area contributed by atoms with Crippen LogP contribution in [0.4, 0.5) is 5.69 Å². The van der Waals surface area contributed by atoms with Crippen molar-refractivity contribution in [3.63, 3.8) is 0 Å². The molecule has 1 N–H and O–H groups in total. The summed E-state index contributed by atoms with van der Waals surface area (Å²) < 4.78 is 6.29. The summed E-state index contributed by atoms with van der Waals surface area (Å²) in [5.41, 5.74) is 3.47. The number of hydrogen-bond donors (Lipinski definition) is 1. The first-order valence-electron chi connectivity index (χ1n) is 9.74. The van der Waals surface area contributed by atoms with Crippen LogP contribution >= 0.6 is 0 Å². The lowest BCUT2D eigenvalue weighted by molar-refractivity contribution is 0.128. The van der Waals surface area contributed by atoms with Crippen LogP contribution in [0.1, 0.15) is 38.3 Å². The summed E-state index contributed by atoms with van der Waals surface area (Å²) in [5.74, 6) is 1.59. The molecule has 4 heteroatoms. The molecule has 0 aliphatic carbocycles. The van der Waals surface area contributed by atoms with E-state index in [1.807, 2.05) is 0 Å². The van der Waals surface area contributed by atoms with Gasteiger partial charge >= 0.3 is 0 Å². The van der Waals surface area contributed by atoms with Crippen LogP contribution in [0.5, 0.6) is 5.75 Å². The maximum atomic E-state index is 6.29. The number of benzene rings is 1. The Morgan fingerprint density at radius 2 is 1.92 bits per heavy atom. The van der Waals surface area contributed by atoms with E-state index in [2.05, 4.69) is 48.3 Å². The molecule has 2 fully saturated rings. The fourth-order valence-corrected chi connectivity index (χ4v) is 4.24. The molecule has 1 atom stereocenters. The number of nitrogens with one attached hydrogen (secondary N) is 1. The first-order chi connectivity index (χ1) is 12.2. The number of aromatic nitrogens is 1. The summed E-state index contributed by atoms with van der Waals surface area (Å²) in [6, 6.07) is 8.67. The standard InChI is InChI=1S/C21H29N3O/c1-15-13-21(24-11-3-4-12-24)19-6-5-18(14-20(19)23-15)25-16(2)17-7-9-22-10-8-17/h5-6,13-14,16-17,22H,3-4,7-12H2,1-2H3. The Morgan fingerprint density at radius 3 is 2.68 bits per heavy atom.